The number of hydrogen-bond acceptors (Lipinski definition) is 6. The molecule has 0 spiro atoms. The molecule has 0 aliphatic rings. The van der Waals surface area contributed by atoms with E-state index in [1.165, 1.54) is 19.4 Å². The zero-order valence-corrected chi connectivity index (χ0v) is 15.3. The summed E-state index contributed by atoms with van der Waals surface area (Å²) in [6, 6.07) is 10.1. The number of hydrazone groups is 1. The second-order valence-corrected chi connectivity index (χ2v) is 5.85. The summed E-state index contributed by atoms with van der Waals surface area (Å²) in [4.78, 5) is 10.9. The summed E-state index contributed by atoms with van der Waals surface area (Å²) in [6.45, 7) is 2.40. The van der Waals surface area contributed by atoms with Gasteiger partial charge < -0.3 is 9.47 Å². The molecule has 0 saturated carbocycles. The van der Waals surface area contributed by atoms with Crippen molar-refractivity contribution in [2.75, 3.05) is 19.1 Å². The van der Waals surface area contributed by atoms with E-state index in [4.69, 9.17) is 21.1 Å². The second kappa shape index (κ2) is 9.62. The fourth-order valence-corrected chi connectivity index (χ4v) is 2.36. The van der Waals surface area contributed by atoms with Gasteiger partial charge in [0.15, 0.2) is 5.75 Å². The molecule has 0 aromatic heterocycles. The fraction of sp³-hybridized carbons (Fsp3) is 0.278. The second-order valence-electron chi connectivity index (χ2n) is 5.41. The SMILES string of the molecule is CCCCOc1c(OC)cc(C=NNc2cccc(Cl)c2)cc1[N+](=O)[O-]. The Bertz CT molecular complexity index is 796. The van der Waals surface area contributed by atoms with Gasteiger partial charge >= 0.3 is 5.69 Å². The van der Waals surface area contributed by atoms with Crippen LogP contribution in [0, 0.1) is 10.1 Å². The van der Waals surface area contributed by atoms with Crippen LogP contribution in [-0.4, -0.2) is 24.9 Å². The van der Waals surface area contributed by atoms with Gasteiger partial charge in [0, 0.05) is 16.7 Å². The van der Waals surface area contributed by atoms with E-state index in [1.807, 2.05) is 6.92 Å². The number of nitro groups is 1. The monoisotopic (exact) mass is 377 g/mol. The third kappa shape index (κ3) is 5.35. The highest BCUT2D eigenvalue weighted by molar-refractivity contribution is 6.30. The minimum atomic E-state index is -0.495. The Kier molecular flexibility index (Phi) is 7.23. The molecule has 0 radical (unpaired) electrons. The maximum Gasteiger partial charge on any atom is 0.315 e. The Morgan fingerprint density at radius 2 is 2.15 bits per heavy atom. The van der Waals surface area contributed by atoms with E-state index in [0.717, 1.165) is 12.8 Å². The predicted molar refractivity (Wildman–Crippen MR) is 103 cm³/mol. The van der Waals surface area contributed by atoms with Crippen LogP contribution < -0.4 is 14.9 Å². The van der Waals surface area contributed by atoms with Crippen LogP contribution in [0.15, 0.2) is 41.5 Å². The van der Waals surface area contributed by atoms with Crippen molar-refractivity contribution in [1.82, 2.24) is 0 Å². The number of methoxy groups -OCH3 is 1. The first-order valence-corrected chi connectivity index (χ1v) is 8.46. The third-order valence-electron chi connectivity index (χ3n) is 3.45. The van der Waals surface area contributed by atoms with E-state index < -0.39 is 4.92 Å². The zero-order valence-electron chi connectivity index (χ0n) is 14.6. The number of nitrogens with one attached hydrogen (secondary N) is 1. The molecule has 8 heteroatoms. The minimum Gasteiger partial charge on any atom is -0.493 e. The number of unbranched alkanes of at least 4 members (excludes halogenated alkanes) is 1. The van der Waals surface area contributed by atoms with Gasteiger partial charge in [0.25, 0.3) is 0 Å². The van der Waals surface area contributed by atoms with Crippen molar-refractivity contribution in [3.63, 3.8) is 0 Å². The topological polar surface area (TPSA) is 86.0 Å². The number of benzene rings is 2. The molecule has 0 aliphatic carbocycles. The molecule has 2 rings (SSSR count). The van der Waals surface area contributed by atoms with Gasteiger partial charge in [0.2, 0.25) is 5.75 Å². The first kappa shape index (κ1) is 19.5. The van der Waals surface area contributed by atoms with Crippen LogP contribution in [0.25, 0.3) is 0 Å². The largest absolute Gasteiger partial charge is 0.493 e. The van der Waals surface area contributed by atoms with Crippen LogP contribution in [0.1, 0.15) is 25.3 Å². The molecule has 1 N–H and O–H groups in total. The van der Waals surface area contributed by atoms with Gasteiger partial charge in [-0.3, -0.25) is 15.5 Å². The lowest BCUT2D eigenvalue weighted by Gasteiger charge is -2.11. The maximum atomic E-state index is 11.4. The van der Waals surface area contributed by atoms with Gasteiger partial charge in [-0.15, -0.1) is 0 Å². The molecule has 26 heavy (non-hydrogen) atoms. The lowest BCUT2D eigenvalue weighted by molar-refractivity contribution is -0.386. The molecule has 0 aliphatic heterocycles. The van der Waals surface area contributed by atoms with Crippen LogP contribution in [-0.2, 0) is 0 Å². The Labute approximate surface area is 156 Å². The predicted octanol–water partition coefficient (Wildman–Crippen LogP) is 4.88. The number of nitrogens with zero attached hydrogens (tertiary/aromatic N) is 2. The zero-order chi connectivity index (χ0) is 18.9. The average Bonchev–Trinajstić information content (AvgIpc) is 2.62. The number of anilines is 1. The smallest absolute Gasteiger partial charge is 0.315 e. The van der Waals surface area contributed by atoms with E-state index in [9.17, 15) is 10.1 Å². The fourth-order valence-electron chi connectivity index (χ4n) is 2.17. The molecule has 0 unspecified atom stereocenters. The molecule has 0 bridgehead atoms. The van der Waals surface area contributed by atoms with Crippen LogP contribution in [0.3, 0.4) is 0 Å². The van der Waals surface area contributed by atoms with Crippen molar-refractivity contribution in [2.24, 2.45) is 5.10 Å². The van der Waals surface area contributed by atoms with Crippen LogP contribution >= 0.6 is 11.6 Å². The van der Waals surface area contributed by atoms with E-state index in [-0.39, 0.29) is 11.4 Å². The Morgan fingerprint density at radius 1 is 1.35 bits per heavy atom. The summed E-state index contributed by atoms with van der Waals surface area (Å²) in [5, 5.41) is 16.1. The molecule has 7 nitrogen and oxygen atoms in total. The summed E-state index contributed by atoms with van der Waals surface area (Å²) in [5.74, 6) is 0.422. The normalized spacial score (nSPS) is 10.7. The Morgan fingerprint density at radius 3 is 2.81 bits per heavy atom. The van der Waals surface area contributed by atoms with Crippen molar-refractivity contribution >= 4 is 29.2 Å². The number of hydrogen-bond donors (Lipinski definition) is 1. The average molecular weight is 378 g/mol. The molecule has 2 aromatic carbocycles. The number of ether oxygens (including phenoxy) is 2. The van der Waals surface area contributed by atoms with Gasteiger partial charge in [0.05, 0.1) is 30.5 Å². The lowest BCUT2D eigenvalue weighted by Crippen LogP contribution is -2.03. The Hall–Kier alpha value is -2.80. The van der Waals surface area contributed by atoms with Crippen molar-refractivity contribution < 1.29 is 14.4 Å². The Balaban J connectivity index is 2.24. The molecule has 0 fully saturated rings. The molecular weight excluding hydrogens is 358 g/mol. The lowest BCUT2D eigenvalue weighted by atomic mass is 10.2. The van der Waals surface area contributed by atoms with Crippen molar-refractivity contribution in [3.05, 3.63) is 57.1 Å². The van der Waals surface area contributed by atoms with E-state index in [1.54, 1.807) is 30.3 Å². The molecule has 2 aromatic rings. The first-order valence-electron chi connectivity index (χ1n) is 8.09. The molecule has 0 heterocycles. The summed E-state index contributed by atoms with van der Waals surface area (Å²) in [7, 11) is 1.44. The van der Waals surface area contributed by atoms with Gasteiger partial charge in [0.1, 0.15) is 0 Å². The summed E-state index contributed by atoms with van der Waals surface area (Å²) >= 11 is 5.91. The van der Waals surface area contributed by atoms with E-state index in [0.29, 0.717) is 28.6 Å². The molecular formula is C18H20ClN3O4. The highest BCUT2D eigenvalue weighted by atomic mass is 35.5. The van der Waals surface area contributed by atoms with E-state index in [2.05, 4.69) is 10.5 Å². The van der Waals surface area contributed by atoms with Crippen LogP contribution in [0.4, 0.5) is 11.4 Å². The summed E-state index contributed by atoms with van der Waals surface area (Å²) in [6.07, 6.45) is 3.19. The highest BCUT2D eigenvalue weighted by Gasteiger charge is 2.22. The van der Waals surface area contributed by atoms with Gasteiger partial charge in [-0.05, 0) is 30.7 Å². The minimum absolute atomic E-state index is 0.130. The van der Waals surface area contributed by atoms with Crippen molar-refractivity contribution in [2.45, 2.75) is 19.8 Å². The van der Waals surface area contributed by atoms with Crippen LogP contribution in [0.5, 0.6) is 11.5 Å². The molecule has 138 valence electrons. The first-order chi connectivity index (χ1) is 12.5. The van der Waals surface area contributed by atoms with E-state index >= 15 is 0 Å². The maximum absolute atomic E-state index is 11.4. The third-order valence-corrected chi connectivity index (χ3v) is 3.69. The number of nitro benzene ring substituents is 1. The van der Waals surface area contributed by atoms with Crippen molar-refractivity contribution in [3.8, 4) is 11.5 Å². The molecule has 0 atom stereocenters. The standard InChI is InChI=1S/C18H20ClN3O4/c1-3-4-8-26-18-16(22(23)24)9-13(10-17(18)25-2)12-20-21-15-7-5-6-14(19)11-15/h5-7,9-12,21H,3-4,8H2,1-2H3. The quantitative estimate of drug-likeness (QED) is 0.291. The molecule has 0 amide bonds. The highest BCUT2D eigenvalue weighted by Crippen LogP contribution is 2.38. The number of rotatable bonds is 9. The van der Waals surface area contributed by atoms with Crippen LogP contribution in [0.2, 0.25) is 5.02 Å². The van der Waals surface area contributed by atoms with Gasteiger partial charge in [-0.2, -0.15) is 5.10 Å². The summed E-state index contributed by atoms with van der Waals surface area (Å²) in [5.41, 5.74) is 3.87. The van der Waals surface area contributed by atoms with Gasteiger partial charge in [-0.1, -0.05) is 31.0 Å². The van der Waals surface area contributed by atoms with Crippen molar-refractivity contribution in [1.29, 1.82) is 0 Å². The summed E-state index contributed by atoms with van der Waals surface area (Å²) < 4.78 is 10.8. The molecule has 0 saturated heterocycles. The van der Waals surface area contributed by atoms with Gasteiger partial charge in [-0.25, -0.2) is 0 Å². The number of halogens is 1.